The van der Waals surface area contributed by atoms with Gasteiger partial charge in [-0.1, -0.05) is 35.1 Å². The smallest absolute Gasteiger partial charge is 0.273 e. The minimum absolute atomic E-state index is 0.0255. The molecule has 1 aliphatic rings. The number of halogens is 1. The fourth-order valence-corrected chi connectivity index (χ4v) is 2.66. The van der Waals surface area contributed by atoms with Gasteiger partial charge in [0.25, 0.3) is 11.1 Å². The van der Waals surface area contributed by atoms with E-state index >= 15 is 0 Å². The van der Waals surface area contributed by atoms with E-state index in [2.05, 4.69) is 4.98 Å². The number of hydrogen-bond acceptors (Lipinski definition) is 4. The normalized spacial score (nSPS) is 15.1. The lowest BCUT2D eigenvalue weighted by Gasteiger charge is -2.38. The van der Waals surface area contributed by atoms with Gasteiger partial charge in [-0.05, 0) is 12.1 Å². The molecular weight excluding hydrogens is 284 g/mol. The Morgan fingerprint density at radius 2 is 2.21 bits per heavy atom. The Hall–Kier alpha value is -1.59. The van der Waals surface area contributed by atoms with Crippen molar-refractivity contribution >= 4 is 28.8 Å². The van der Waals surface area contributed by atoms with Crippen molar-refractivity contribution in [3.05, 3.63) is 46.4 Å². The van der Waals surface area contributed by atoms with E-state index in [9.17, 15) is 4.79 Å². The number of ether oxygens (including phenoxy) is 1. The fourth-order valence-electron chi connectivity index (χ4n) is 1.89. The van der Waals surface area contributed by atoms with E-state index in [1.54, 1.807) is 23.2 Å². The maximum absolute atomic E-state index is 12.2. The number of rotatable bonds is 3. The van der Waals surface area contributed by atoms with Crippen LogP contribution in [-0.4, -0.2) is 35.0 Å². The van der Waals surface area contributed by atoms with Crippen LogP contribution >= 0.6 is 22.9 Å². The molecule has 1 aliphatic heterocycles. The zero-order chi connectivity index (χ0) is 13.2. The molecular formula is C13H11ClN2O2S. The first-order chi connectivity index (χ1) is 9.24. The molecule has 0 spiro atoms. The summed E-state index contributed by atoms with van der Waals surface area (Å²) in [6.07, 6.45) is 1.73. The van der Waals surface area contributed by atoms with Crippen molar-refractivity contribution in [2.75, 3.05) is 13.1 Å². The molecule has 0 saturated carbocycles. The first-order valence-electron chi connectivity index (χ1n) is 5.84. The summed E-state index contributed by atoms with van der Waals surface area (Å²) in [5.74, 6) is -0.0513. The third-order valence-corrected chi connectivity index (χ3v) is 3.91. The molecule has 1 saturated heterocycles. The van der Waals surface area contributed by atoms with E-state index in [0.29, 0.717) is 28.9 Å². The molecule has 98 valence electrons. The second kappa shape index (κ2) is 5.19. The molecule has 2 heterocycles. The highest BCUT2D eigenvalue weighted by Crippen LogP contribution is 2.23. The second-order valence-electron chi connectivity index (χ2n) is 4.23. The topological polar surface area (TPSA) is 42.4 Å². The van der Waals surface area contributed by atoms with E-state index in [0.717, 1.165) is 0 Å². The Kier molecular flexibility index (Phi) is 3.40. The average molecular weight is 295 g/mol. The van der Waals surface area contributed by atoms with Gasteiger partial charge >= 0.3 is 0 Å². The maximum Gasteiger partial charge on any atom is 0.273 e. The molecule has 1 amide bonds. The summed E-state index contributed by atoms with van der Waals surface area (Å²) < 4.78 is 5.62. The summed E-state index contributed by atoms with van der Waals surface area (Å²) in [4.78, 5) is 17.9. The van der Waals surface area contributed by atoms with Crippen LogP contribution in [0.5, 0.6) is 5.19 Å². The van der Waals surface area contributed by atoms with Gasteiger partial charge < -0.3 is 9.64 Å². The van der Waals surface area contributed by atoms with Crippen LogP contribution in [0.15, 0.2) is 35.8 Å². The van der Waals surface area contributed by atoms with Crippen LogP contribution in [0.4, 0.5) is 0 Å². The summed E-state index contributed by atoms with van der Waals surface area (Å²) in [5, 5.41) is 2.99. The lowest BCUT2D eigenvalue weighted by molar-refractivity contribution is 0.0177. The summed E-state index contributed by atoms with van der Waals surface area (Å²) >= 11 is 7.46. The molecule has 0 radical (unpaired) electrons. The molecule has 1 aromatic heterocycles. The number of carbonyl (C=O) groups is 1. The predicted molar refractivity (Wildman–Crippen MR) is 73.9 cm³/mol. The molecule has 3 rings (SSSR count). The van der Waals surface area contributed by atoms with Crippen LogP contribution in [0.3, 0.4) is 0 Å². The molecule has 2 aromatic rings. The van der Waals surface area contributed by atoms with Crippen molar-refractivity contribution in [1.29, 1.82) is 0 Å². The summed E-state index contributed by atoms with van der Waals surface area (Å²) in [5.41, 5.74) is 0.539. The minimum atomic E-state index is -0.0513. The highest BCUT2D eigenvalue weighted by Gasteiger charge is 2.33. The molecule has 0 bridgehead atoms. The van der Waals surface area contributed by atoms with Gasteiger partial charge in [-0.25, -0.2) is 4.98 Å². The van der Waals surface area contributed by atoms with Gasteiger partial charge in [-0.2, -0.15) is 0 Å². The van der Waals surface area contributed by atoms with E-state index in [1.807, 2.05) is 17.5 Å². The minimum Gasteiger partial charge on any atom is -0.463 e. The number of benzene rings is 1. The first-order valence-corrected chi connectivity index (χ1v) is 7.10. The third-order valence-electron chi connectivity index (χ3n) is 2.92. The Balaban J connectivity index is 1.59. The largest absolute Gasteiger partial charge is 0.463 e. The predicted octanol–water partition coefficient (Wildman–Crippen LogP) is 2.70. The average Bonchev–Trinajstić information content (AvgIpc) is 2.86. The molecule has 0 atom stereocenters. The van der Waals surface area contributed by atoms with Crippen molar-refractivity contribution < 1.29 is 9.53 Å². The highest BCUT2D eigenvalue weighted by molar-refractivity contribution is 7.11. The standard InChI is InChI=1S/C13H11ClN2O2S/c14-11-4-2-1-3-10(11)12(17)16-7-9(8-16)18-13-15-5-6-19-13/h1-6,9H,7-8H2. The SMILES string of the molecule is O=C(c1ccccc1Cl)N1CC(Oc2nccs2)C1. The van der Waals surface area contributed by atoms with Crippen molar-refractivity contribution in [2.24, 2.45) is 0 Å². The molecule has 0 unspecified atom stereocenters. The van der Waals surface area contributed by atoms with E-state index in [4.69, 9.17) is 16.3 Å². The van der Waals surface area contributed by atoms with Crippen LogP contribution in [0.1, 0.15) is 10.4 Å². The third kappa shape index (κ3) is 2.57. The van der Waals surface area contributed by atoms with Gasteiger partial charge in [0.1, 0.15) is 6.10 Å². The zero-order valence-corrected chi connectivity index (χ0v) is 11.5. The summed E-state index contributed by atoms with van der Waals surface area (Å²) in [7, 11) is 0. The lowest BCUT2D eigenvalue weighted by Crippen LogP contribution is -2.56. The van der Waals surface area contributed by atoms with Gasteiger partial charge in [0.2, 0.25) is 0 Å². The van der Waals surface area contributed by atoms with Crippen molar-refractivity contribution in [2.45, 2.75) is 6.10 Å². The maximum atomic E-state index is 12.2. The molecule has 0 N–H and O–H groups in total. The van der Waals surface area contributed by atoms with Gasteiger partial charge in [0.15, 0.2) is 0 Å². The molecule has 0 aliphatic carbocycles. The highest BCUT2D eigenvalue weighted by atomic mass is 35.5. The van der Waals surface area contributed by atoms with E-state index in [-0.39, 0.29) is 12.0 Å². The monoisotopic (exact) mass is 294 g/mol. The van der Waals surface area contributed by atoms with Gasteiger partial charge in [-0.15, -0.1) is 0 Å². The summed E-state index contributed by atoms with van der Waals surface area (Å²) in [6.45, 7) is 1.15. The molecule has 19 heavy (non-hydrogen) atoms. The van der Waals surface area contributed by atoms with E-state index < -0.39 is 0 Å². The molecule has 1 fully saturated rings. The number of hydrogen-bond donors (Lipinski definition) is 0. The van der Waals surface area contributed by atoms with Crippen LogP contribution in [0.2, 0.25) is 5.02 Å². The number of thiazole rings is 1. The quantitative estimate of drug-likeness (QED) is 0.874. The Morgan fingerprint density at radius 1 is 1.42 bits per heavy atom. The van der Waals surface area contributed by atoms with E-state index in [1.165, 1.54) is 11.3 Å². The van der Waals surface area contributed by atoms with Gasteiger partial charge in [-0.3, -0.25) is 4.79 Å². The van der Waals surface area contributed by atoms with Crippen LogP contribution in [-0.2, 0) is 0 Å². The van der Waals surface area contributed by atoms with Crippen LogP contribution < -0.4 is 4.74 Å². The van der Waals surface area contributed by atoms with Gasteiger partial charge in [0.05, 0.1) is 23.7 Å². The Morgan fingerprint density at radius 3 is 2.89 bits per heavy atom. The number of likely N-dealkylation sites (tertiary alicyclic amines) is 1. The van der Waals surface area contributed by atoms with Crippen molar-refractivity contribution in [3.63, 3.8) is 0 Å². The number of nitrogens with zero attached hydrogens (tertiary/aromatic N) is 2. The van der Waals surface area contributed by atoms with Crippen LogP contribution in [0, 0.1) is 0 Å². The summed E-state index contributed by atoms with van der Waals surface area (Å²) in [6, 6.07) is 7.07. The number of aromatic nitrogens is 1. The lowest BCUT2D eigenvalue weighted by atomic mass is 10.1. The van der Waals surface area contributed by atoms with Crippen molar-refractivity contribution in [3.8, 4) is 5.19 Å². The van der Waals surface area contributed by atoms with Gasteiger partial charge in [0, 0.05) is 11.6 Å². The Labute approximate surface area is 119 Å². The number of carbonyl (C=O) groups excluding carboxylic acids is 1. The second-order valence-corrected chi connectivity index (χ2v) is 5.49. The fraction of sp³-hybridized carbons (Fsp3) is 0.231. The Bertz CT molecular complexity index is 582. The molecule has 4 nitrogen and oxygen atoms in total. The number of amides is 1. The first kappa shape index (κ1) is 12.4. The zero-order valence-electron chi connectivity index (χ0n) is 9.95. The molecule has 1 aromatic carbocycles. The van der Waals surface area contributed by atoms with Crippen molar-refractivity contribution in [1.82, 2.24) is 9.88 Å². The van der Waals surface area contributed by atoms with Crippen LogP contribution in [0.25, 0.3) is 0 Å². The molecule has 6 heteroatoms.